The Labute approximate surface area is 181 Å². The molecule has 8 nitrogen and oxygen atoms in total. The van der Waals surface area contributed by atoms with E-state index < -0.39 is 16.6 Å². The van der Waals surface area contributed by atoms with Gasteiger partial charge in [-0.05, 0) is 45.0 Å². The quantitative estimate of drug-likeness (QED) is 0.453. The molecule has 0 unspecified atom stereocenters. The van der Waals surface area contributed by atoms with Crippen molar-refractivity contribution in [1.29, 1.82) is 0 Å². The van der Waals surface area contributed by atoms with Gasteiger partial charge in [0.1, 0.15) is 0 Å². The number of nitro benzene ring substituents is 1. The number of carbonyl (C=O) groups is 1. The normalized spacial score (nSPS) is 13.8. The Morgan fingerprint density at radius 3 is 2.48 bits per heavy atom. The predicted octanol–water partition coefficient (Wildman–Crippen LogP) is 4.11. The first-order chi connectivity index (χ1) is 14.7. The fourth-order valence-corrected chi connectivity index (χ4v) is 3.46. The zero-order valence-corrected chi connectivity index (χ0v) is 17.8. The lowest BCUT2D eigenvalue weighted by molar-refractivity contribution is -0.384. The molecule has 162 valence electrons. The molecule has 1 N–H and O–H groups in total. The number of non-ortho nitro benzene ring substituents is 1. The fraction of sp³-hybridized carbons (Fsp3) is 0.348. The van der Waals surface area contributed by atoms with E-state index in [1.165, 1.54) is 17.0 Å². The molecule has 31 heavy (non-hydrogen) atoms. The number of anilines is 2. The molecule has 2 aromatic rings. The van der Waals surface area contributed by atoms with Crippen LogP contribution in [0.5, 0.6) is 0 Å². The summed E-state index contributed by atoms with van der Waals surface area (Å²) < 4.78 is 5.40. The van der Waals surface area contributed by atoms with E-state index in [0.717, 1.165) is 5.69 Å². The Morgan fingerprint density at radius 1 is 1.16 bits per heavy atom. The van der Waals surface area contributed by atoms with E-state index in [1.807, 2.05) is 20.8 Å². The van der Waals surface area contributed by atoms with Crippen LogP contribution in [0.1, 0.15) is 31.9 Å². The average Bonchev–Trinajstić information content (AvgIpc) is 2.71. The molecule has 0 spiro atoms. The lowest BCUT2D eigenvalue weighted by Gasteiger charge is -2.33. The summed E-state index contributed by atoms with van der Waals surface area (Å²) >= 11 is 0. The summed E-state index contributed by atoms with van der Waals surface area (Å²) in [5, 5.41) is 20.9. The molecule has 0 bridgehead atoms. The summed E-state index contributed by atoms with van der Waals surface area (Å²) in [4.78, 5) is 26.0. The van der Waals surface area contributed by atoms with Gasteiger partial charge in [-0.15, -0.1) is 0 Å². The van der Waals surface area contributed by atoms with Crippen molar-refractivity contribution in [1.82, 2.24) is 0 Å². The topological polar surface area (TPSA) is 96.2 Å². The van der Waals surface area contributed by atoms with E-state index in [2.05, 4.69) is 16.7 Å². The predicted molar refractivity (Wildman–Crippen MR) is 119 cm³/mol. The molecule has 1 aliphatic rings. The number of carboxylic acid groups (broad SMARTS) is 1. The van der Waals surface area contributed by atoms with Crippen LogP contribution < -0.4 is 9.80 Å². The molecule has 0 radical (unpaired) electrons. The molecule has 1 saturated heterocycles. The van der Waals surface area contributed by atoms with Crippen molar-refractivity contribution in [3.63, 3.8) is 0 Å². The van der Waals surface area contributed by atoms with Gasteiger partial charge in [0.15, 0.2) is 0 Å². The maximum atomic E-state index is 11.8. The number of hydrogen-bond donors (Lipinski definition) is 1. The van der Waals surface area contributed by atoms with Crippen molar-refractivity contribution in [3.8, 4) is 11.8 Å². The van der Waals surface area contributed by atoms with Crippen LogP contribution in [0.15, 0.2) is 42.5 Å². The monoisotopic (exact) mass is 423 g/mol. The molecule has 0 aliphatic carbocycles. The van der Waals surface area contributed by atoms with E-state index in [9.17, 15) is 20.0 Å². The molecule has 0 aromatic heterocycles. The van der Waals surface area contributed by atoms with Crippen LogP contribution in [0.3, 0.4) is 0 Å². The molecular formula is C23H25N3O5. The van der Waals surface area contributed by atoms with Crippen molar-refractivity contribution in [2.24, 2.45) is 0 Å². The SMILES string of the molecule is CC(C)(C)N(C(=O)O)c1cccc(C#Cc2cc([N+](=O)[O-])ccc2N2CCOCC2)c1. The Hall–Kier alpha value is -3.57. The van der Waals surface area contributed by atoms with Crippen LogP contribution in [-0.2, 0) is 4.74 Å². The van der Waals surface area contributed by atoms with Crippen molar-refractivity contribution < 1.29 is 19.6 Å². The van der Waals surface area contributed by atoms with Gasteiger partial charge in [0.25, 0.3) is 5.69 Å². The van der Waals surface area contributed by atoms with Crippen LogP contribution in [0, 0.1) is 22.0 Å². The van der Waals surface area contributed by atoms with Gasteiger partial charge >= 0.3 is 6.09 Å². The third-order valence-corrected chi connectivity index (χ3v) is 4.85. The highest BCUT2D eigenvalue weighted by atomic mass is 16.6. The summed E-state index contributed by atoms with van der Waals surface area (Å²) in [6, 6.07) is 11.6. The Kier molecular flexibility index (Phi) is 6.47. The largest absolute Gasteiger partial charge is 0.465 e. The van der Waals surface area contributed by atoms with Gasteiger partial charge in [0, 0.05) is 42.0 Å². The highest BCUT2D eigenvalue weighted by Gasteiger charge is 2.27. The molecule has 2 aromatic carbocycles. The summed E-state index contributed by atoms with van der Waals surface area (Å²) in [5.41, 5.74) is 1.85. The summed E-state index contributed by atoms with van der Waals surface area (Å²) in [5.74, 6) is 6.10. The summed E-state index contributed by atoms with van der Waals surface area (Å²) in [7, 11) is 0. The second kappa shape index (κ2) is 9.06. The van der Waals surface area contributed by atoms with Gasteiger partial charge in [0.2, 0.25) is 0 Å². The number of rotatable bonds is 3. The molecular weight excluding hydrogens is 398 g/mol. The lowest BCUT2D eigenvalue weighted by atomic mass is 10.0. The Balaban J connectivity index is 2.00. The fourth-order valence-electron chi connectivity index (χ4n) is 3.46. The minimum atomic E-state index is -1.05. The van der Waals surface area contributed by atoms with Crippen LogP contribution in [-0.4, -0.2) is 48.0 Å². The van der Waals surface area contributed by atoms with Gasteiger partial charge in [-0.25, -0.2) is 4.79 Å². The molecule has 1 heterocycles. The maximum Gasteiger partial charge on any atom is 0.412 e. The van der Waals surface area contributed by atoms with Crippen LogP contribution in [0.25, 0.3) is 0 Å². The van der Waals surface area contributed by atoms with Gasteiger partial charge in [-0.2, -0.15) is 0 Å². The molecule has 0 atom stereocenters. The van der Waals surface area contributed by atoms with E-state index in [-0.39, 0.29) is 5.69 Å². The molecule has 1 amide bonds. The number of benzene rings is 2. The maximum absolute atomic E-state index is 11.8. The van der Waals surface area contributed by atoms with Gasteiger partial charge in [-0.3, -0.25) is 15.0 Å². The first-order valence-corrected chi connectivity index (χ1v) is 9.93. The Morgan fingerprint density at radius 2 is 1.87 bits per heavy atom. The second-order valence-electron chi connectivity index (χ2n) is 8.15. The van der Waals surface area contributed by atoms with E-state index in [4.69, 9.17) is 4.74 Å². The minimum Gasteiger partial charge on any atom is -0.465 e. The van der Waals surface area contributed by atoms with E-state index >= 15 is 0 Å². The van der Waals surface area contributed by atoms with Gasteiger partial charge < -0.3 is 14.7 Å². The summed E-state index contributed by atoms with van der Waals surface area (Å²) in [6.07, 6.45) is -1.05. The third-order valence-electron chi connectivity index (χ3n) is 4.85. The standard InChI is InChI=1S/C23H25N3O5/c1-23(2,3)25(22(27)28)19-6-4-5-17(15-19)7-8-18-16-20(26(29)30)9-10-21(18)24-11-13-31-14-12-24/h4-6,9-10,15-16H,11-14H2,1-3H3,(H,27,28). The highest BCUT2D eigenvalue weighted by molar-refractivity contribution is 5.87. The first kappa shape index (κ1) is 22.1. The van der Waals surface area contributed by atoms with Crippen molar-refractivity contribution in [3.05, 3.63) is 63.7 Å². The summed E-state index contributed by atoms with van der Waals surface area (Å²) in [6.45, 7) is 7.99. The number of nitro groups is 1. The molecule has 8 heteroatoms. The zero-order valence-electron chi connectivity index (χ0n) is 17.8. The highest BCUT2D eigenvalue weighted by Crippen LogP contribution is 2.27. The number of amides is 1. The average molecular weight is 423 g/mol. The van der Waals surface area contributed by atoms with Gasteiger partial charge in [0.05, 0.1) is 29.4 Å². The molecule has 0 saturated carbocycles. The third kappa shape index (κ3) is 5.32. The molecule has 1 aliphatic heterocycles. The zero-order chi connectivity index (χ0) is 22.6. The number of nitrogens with zero attached hydrogens (tertiary/aromatic N) is 3. The molecule has 1 fully saturated rings. The van der Waals surface area contributed by atoms with Gasteiger partial charge in [-0.1, -0.05) is 17.9 Å². The van der Waals surface area contributed by atoms with E-state index in [1.54, 1.807) is 30.3 Å². The lowest BCUT2D eigenvalue weighted by Crippen LogP contribution is -2.45. The van der Waals surface area contributed by atoms with Crippen LogP contribution in [0.2, 0.25) is 0 Å². The minimum absolute atomic E-state index is 0.0279. The number of ether oxygens (including phenoxy) is 1. The smallest absolute Gasteiger partial charge is 0.412 e. The number of morpholine rings is 1. The first-order valence-electron chi connectivity index (χ1n) is 9.93. The van der Waals surface area contributed by atoms with Crippen molar-refractivity contribution in [2.45, 2.75) is 26.3 Å². The van der Waals surface area contributed by atoms with Crippen LogP contribution in [0.4, 0.5) is 21.9 Å². The Bertz CT molecular complexity index is 1040. The van der Waals surface area contributed by atoms with Crippen molar-refractivity contribution >= 4 is 23.2 Å². The van der Waals surface area contributed by atoms with Crippen molar-refractivity contribution in [2.75, 3.05) is 36.1 Å². The van der Waals surface area contributed by atoms with E-state index in [0.29, 0.717) is 43.1 Å². The number of hydrogen-bond acceptors (Lipinski definition) is 5. The molecule has 3 rings (SSSR count). The van der Waals surface area contributed by atoms with Crippen LogP contribution >= 0.6 is 0 Å². The second-order valence-corrected chi connectivity index (χ2v) is 8.15.